The SMILES string of the molecule is O=C(O)C(=O)N[C@H](CCc1ccccc1)C(=O)O. The summed E-state index contributed by atoms with van der Waals surface area (Å²) in [6.07, 6.45) is 0.579. The van der Waals surface area contributed by atoms with Crippen LogP contribution in [0.2, 0.25) is 0 Å². The van der Waals surface area contributed by atoms with E-state index in [1.807, 2.05) is 35.6 Å². The van der Waals surface area contributed by atoms with Gasteiger partial charge < -0.3 is 15.5 Å². The Morgan fingerprint density at radius 2 is 1.72 bits per heavy atom. The number of aryl methyl sites for hydroxylation is 1. The summed E-state index contributed by atoms with van der Waals surface area (Å²) in [5.41, 5.74) is 0.924. The van der Waals surface area contributed by atoms with E-state index in [1.54, 1.807) is 0 Å². The lowest BCUT2D eigenvalue weighted by molar-refractivity contribution is -0.152. The molecule has 6 nitrogen and oxygen atoms in total. The minimum Gasteiger partial charge on any atom is -0.480 e. The molecule has 0 unspecified atom stereocenters. The van der Waals surface area contributed by atoms with Gasteiger partial charge in [-0.15, -0.1) is 0 Å². The first-order valence-electron chi connectivity index (χ1n) is 5.31. The molecule has 6 heteroatoms. The van der Waals surface area contributed by atoms with Crippen LogP contribution in [0.3, 0.4) is 0 Å². The largest absolute Gasteiger partial charge is 0.480 e. The van der Waals surface area contributed by atoms with Crippen molar-refractivity contribution in [1.29, 1.82) is 0 Å². The van der Waals surface area contributed by atoms with Crippen LogP contribution < -0.4 is 5.32 Å². The summed E-state index contributed by atoms with van der Waals surface area (Å²) < 4.78 is 0. The summed E-state index contributed by atoms with van der Waals surface area (Å²) in [7, 11) is 0. The molecule has 96 valence electrons. The van der Waals surface area contributed by atoms with Gasteiger partial charge in [-0.3, -0.25) is 4.79 Å². The monoisotopic (exact) mass is 251 g/mol. The molecule has 0 saturated heterocycles. The van der Waals surface area contributed by atoms with Gasteiger partial charge in [0, 0.05) is 0 Å². The van der Waals surface area contributed by atoms with Crippen LogP contribution in [0.25, 0.3) is 0 Å². The lowest BCUT2D eigenvalue weighted by Crippen LogP contribution is -2.44. The maximum Gasteiger partial charge on any atom is 0.394 e. The predicted octanol–water partition coefficient (Wildman–Crippen LogP) is 0.273. The second-order valence-electron chi connectivity index (χ2n) is 3.69. The number of carboxylic acids is 2. The molecule has 0 aliphatic rings. The molecule has 0 aromatic heterocycles. The number of carbonyl (C=O) groups is 3. The number of benzene rings is 1. The van der Waals surface area contributed by atoms with Gasteiger partial charge in [0.1, 0.15) is 6.04 Å². The smallest absolute Gasteiger partial charge is 0.394 e. The Bertz CT molecular complexity index is 443. The van der Waals surface area contributed by atoms with Gasteiger partial charge in [-0.05, 0) is 18.4 Å². The normalized spacial score (nSPS) is 11.6. The van der Waals surface area contributed by atoms with Crippen LogP contribution in [0.4, 0.5) is 0 Å². The summed E-state index contributed by atoms with van der Waals surface area (Å²) in [6.45, 7) is 0. The van der Waals surface area contributed by atoms with E-state index >= 15 is 0 Å². The third-order valence-electron chi connectivity index (χ3n) is 2.36. The standard InChI is InChI=1S/C12H13NO5/c14-10(12(17)18)13-9(11(15)16)7-6-8-4-2-1-3-5-8/h1-5,9H,6-7H2,(H,13,14)(H,15,16)(H,17,18)/t9-/m1/s1. The lowest BCUT2D eigenvalue weighted by Gasteiger charge is -2.12. The van der Waals surface area contributed by atoms with Crippen molar-refractivity contribution in [3.63, 3.8) is 0 Å². The molecular formula is C12H13NO5. The van der Waals surface area contributed by atoms with E-state index in [-0.39, 0.29) is 6.42 Å². The van der Waals surface area contributed by atoms with Gasteiger partial charge in [-0.2, -0.15) is 0 Å². The highest BCUT2D eigenvalue weighted by molar-refractivity contribution is 6.31. The van der Waals surface area contributed by atoms with Crippen LogP contribution in [-0.2, 0) is 20.8 Å². The molecule has 1 rings (SSSR count). The molecule has 1 amide bonds. The van der Waals surface area contributed by atoms with Crippen molar-refractivity contribution in [2.75, 3.05) is 0 Å². The zero-order chi connectivity index (χ0) is 13.5. The van der Waals surface area contributed by atoms with Crippen molar-refractivity contribution < 1.29 is 24.6 Å². The van der Waals surface area contributed by atoms with Gasteiger partial charge in [-0.1, -0.05) is 30.3 Å². The Labute approximate surface area is 103 Å². The van der Waals surface area contributed by atoms with Crippen molar-refractivity contribution in [2.45, 2.75) is 18.9 Å². The molecule has 0 fully saturated rings. The maximum atomic E-state index is 10.9. The number of amides is 1. The lowest BCUT2D eigenvalue weighted by atomic mass is 10.1. The van der Waals surface area contributed by atoms with Crippen molar-refractivity contribution >= 4 is 17.8 Å². The van der Waals surface area contributed by atoms with Gasteiger partial charge in [-0.25, -0.2) is 9.59 Å². The Hall–Kier alpha value is -2.37. The zero-order valence-corrected chi connectivity index (χ0v) is 9.50. The summed E-state index contributed by atoms with van der Waals surface area (Å²) >= 11 is 0. The van der Waals surface area contributed by atoms with E-state index in [1.165, 1.54) is 0 Å². The summed E-state index contributed by atoms with van der Waals surface area (Å²) in [5, 5.41) is 19.2. The van der Waals surface area contributed by atoms with E-state index in [9.17, 15) is 14.4 Å². The van der Waals surface area contributed by atoms with Crippen molar-refractivity contribution in [3.05, 3.63) is 35.9 Å². The molecule has 0 bridgehead atoms. The Balaban J connectivity index is 2.56. The van der Waals surface area contributed by atoms with Crippen LogP contribution in [0.5, 0.6) is 0 Å². The number of aliphatic carboxylic acids is 2. The molecule has 0 spiro atoms. The third kappa shape index (κ3) is 4.25. The molecule has 18 heavy (non-hydrogen) atoms. The molecule has 0 heterocycles. The maximum absolute atomic E-state index is 10.9. The van der Waals surface area contributed by atoms with Gasteiger partial charge >= 0.3 is 17.8 Å². The van der Waals surface area contributed by atoms with E-state index in [0.717, 1.165) is 5.56 Å². The quantitative estimate of drug-likeness (QED) is 0.652. The highest BCUT2D eigenvalue weighted by atomic mass is 16.4. The van der Waals surface area contributed by atoms with E-state index < -0.39 is 23.9 Å². The minimum absolute atomic E-state index is 0.137. The average molecular weight is 251 g/mol. The fourth-order valence-electron chi connectivity index (χ4n) is 1.43. The zero-order valence-electron chi connectivity index (χ0n) is 9.50. The number of carbonyl (C=O) groups excluding carboxylic acids is 1. The summed E-state index contributed by atoms with van der Waals surface area (Å²) in [4.78, 5) is 32.1. The second-order valence-corrected chi connectivity index (χ2v) is 3.69. The molecular weight excluding hydrogens is 238 g/mol. The first kappa shape index (κ1) is 13.7. The fourth-order valence-corrected chi connectivity index (χ4v) is 1.43. The fraction of sp³-hybridized carbons (Fsp3) is 0.250. The van der Waals surface area contributed by atoms with Crippen LogP contribution in [0.15, 0.2) is 30.3 Å². The number of hydrogen-bond acceptors (Lipinski definition) is 3. The van der Waals surface area contributed by atoms with E-state index in [4.69, 9.17) is 10.2 Å². The Morgan fingerprint density at radius 3 is 2.22 bits per heavy atom. The highest BCUT2D eigenvalue weighted by Gasteiger charge is 2.22. The summed E-state index contributed by atoms with van der Waals surface area (Å²) in [5.74, 6) is -4.25. The molecule has 0 radical (unpaired) electrons. The molecule has 1 atom stereocenters. The molecule has 0 aliphatic carbocycles. The van der Waals surface area contributed by atoms with Gasteiger partial charge in [0.25, 0.3) is 0 Å². The number of hydrogen-bond donors (Lipinski definition) is 3. The van der Waals surface area contributed by atoms with Gasteiger partial charge in [0.2, 0.25) is 0 Å². The topological polar surface area (TPSA) is 104 Å². The number of rotatable bonds is 5. The molecule has 3 N–H and O–H groups in total. The van der Waals surface area contributed by atoms with Gasteiger partial charge in [0.15, 0.2) is 0 Å². The third-order valence-corrected chi connectivity index (χ3v) is 2.36. The molecule has 0 saturated carbocycles. The second kappa shape index (κ2) is 6.39. The van der Waals surface area contributed by atoms with Crippen molar-refractivity contribution in [2.24, 2.45) is 0 Å². The number of carboxylic acid groups (broad SMARTS) is 2. The van der Waals surface area contributed by atoms with E-state index in [2.05, 4.69) is 0 Å². The molecule has 1 aromatic rings. The Kier molecular flexibility index (Phi) is 4.86. The van der Waals surface area contributed by atoms with Crippen molar-refractivity contribution in [3.8, 4) is 0 Å². The van der Waals surface area contributed by atoms with Crippen LogP contribution in [0, 0.1) is 0 Å². The molecule has 0 aliphatic heterocycles. The van der Waals surface area contributed by atoms with E-state index in [0.29, 0.717) is 6.42 Å². The summed E-state index contributed by atoms with van der Waals surface area (Å²) in [6, 6.07) is 7.94. The molecule has 1 aromatic carbocycles. The average Bonchev–Trinajstić information content (AvgIpc) is 2.34. The van der Waals surface area contributed by atoms with Crippen molar-refractivity contribution in [1.82, 2.24) is 5.32 Å². The number of nitrogens with one attached hydrogen (secondary N) is 1. The van der Waals surface area contributed by atoms with Crippen LogP contribution in [-0.4, -0.2) is 34.1 Å². The predicted molar refractivity (Wildman–Crippen MR) is 62.0 cm³/mol. The first-order valence-corrected chi connectivity index (χ1v) is 5.31. The van der Waals surface area contributed by atoms with Gasteiger partial charge in [0.05, 0.1) is 0 Å². The minimum atomic E-state index is -1.69. The van der Waals surface area contributed by atoms with Crippen LogP contribution >= 0.6 is 0 Å². The first-order chi connectivity index (χ1) is 8.50. The Morgan fingerprint density at radius 1 is 1.11 bits per heavy atom. The highest BCUT2D eigenvalue weighted by Crippen LogP contribution is 2.05. The van der Waals surface area contributed by atoms with Crippen LogP contribution in [0.1, 0.15) is 12.0 Å².